The number of amides is 2. The monoisotopic (exact) mass is 398 g/mol. The zero-order valence-corrected chi connectivity index (χ0v) is 16.0. The molecular formula is C20H19ClN4O3. The van der Waals surface area contributed by atoms with Crippen LogP contribution in [0.15, 0.2) is 52.9 Å². The van der Waals surface area contributed by atoms with Gasteiger partial charge in [-0.3, -0.25) is 9.59 Å². The summed E-state index contributed by atoms with van der Waals surface area (Å²) >= 11 is 6.02. The highest BCUT2D eigenvalue weighted by molar-refractivity contribution is 6.31. The van der Waals surface area contributed by atoms with Gasteiger partial charge in [-0.25, -0.2) is 0 Å². The van der Waals surface area contributed by atoms with Crippen LogP contribution in [0, 0.1) is 6.92 Å². The van der Waals surface area contributed by atoms with Crippen molar-refractivity contribution >= 4 is 29.1 Å². The van der Waals surface area contributed by atoms with Crippen LogP contribution < -0.4 is 10.6 Å². The fourth-order valence-corrected chi connectivity index (χ4v) is 2.65. The zero-order chi connectivity index (χ0) is 19.9. The van der Waals surface area contributed by atoms with E-state index in [0.717, 1.165) is 11.1 Å². The topological polar surface area (TPSA) is 97.1 Å². The van der Waals surface area contributed by atoms with Crippen LogP contribution in [0.4, 0.5) is 5.69 Å². The first-order chi connectivity index (χ1) is 13.5. The molecule has 0 atom stereocenters. The SMILES string of the molecule is Cc1c(Cl)cccc1NC(=O)CNC(=O)CCc1nnc(-c2ccccc2)o1. The van der Waals surface area contributed by atoms with E-state index in [9.17, 15) is 9.59 Å². The number of carbonyl (C=O) groups is 2. The molecule has 1 aromatic heterocycles. The molecule has 28 heavy (non-hydrogen) atoms. The second kappa shape index (κ2) is 9.14. The van der Waals surface area contributed by atoms with Gasteiger partial charge in [-0.15, -0.1) is 10.2 Å². The molecule has 2 aromatic carbocycles. The molecule has 0 unspecified atom stereocenters. The summed E-state index contributed by atoms with van der Waals surface area (Å²) in [6.45, 7) is 1.68. The van der Waals surface area contributed by atoms with Gasteiger partial charge in [0, 0.05) is 29.1 Å². The number of rotatable bonds is 7. The van der Waals surface area contributed by atoms with Crippen molar-refractivity contribution in [2.45, 2.75) is 19.8 Å². The average Bonchev–Trinajstić information content (AvgIpc) is 3.18. The molecule has 0 spiro atoms. The number of nitrogens with zero attached hydrogens (tertiary/aromatic N) is 2. The Bertz CT molecular complexity index is 973. The number of benzene rings is 2. The molecule has 8 heteroatoms. The van der Waals surface area contributed by atoms with Crippen molar-refractivity contribution in [3.05, 3.63) is 65.0 Å². The molecule has 0 aliphatic rings. The van der Waals surface area contributed by atoms with Crippen molar-refractivity contribution < 1.29 is 14.0 Å². The van der Waals surface area contributed by atoms with E-state index in [4.69, 9.17) is 16.0 Å². The number of hydrogen-bond donors (Lipinski definition) is 2. The molecule has 2 N–H and O–H groups in total. The second-order valence-electron chi connectivity index (χ2n) is 6.10. The Morgan fingerprint density at radius 3 is 2.61 bits per heavy atom. The van der Waals surface area contributed by atoms with Crippen LogP contribution in [-0.2, 0) is 16.0 Å². The van der Waals surface area contributed by atoms with E-state index in [1.807, 2.05) is 37.3 Å². The maximum absolute atomic E-state index is 12.0. The van der Waals surface area contributed by atoms with E-state index in [2.05, 4.69) is 20.8 Å². The van der Waals surface area contributed by atoms with Gasteiger partial charge in [-0.2, -0.15) is 0 Å². The van der Waals surface area contributed by atoms with Crippen LogP contribution in [0.1, 0.15) is 17.9 Å². The molecule has 3 rings (SSSR count). The molecule has 2 amide bonds. The molecule has 0 bridgehead atoms. The third-order valence-electron chi connectivity index (χ3n) is 4.04. The summed E-state index contributed by atoms with van der Waals surface area (Å²) in [6, 6.07) is 14.6. The minimum absolute atomic E-state index is 0.135. The first kappa shape index (κ1) is 19.6. The molecule has 3 aromatic rings. The summed E-state index contributed by atoms with van der Waals surface area (Å²) in [7, 11) is 0. The third kappa shape index (κ3) is 5.17. The van der Waals surface area contributed by atoms with Crippen molar-refractivity contribution in [2.24, 2.45) is 0 Å². The smallest absolute Gasteiger partial charge is 0.247 e. The van der Waals surface area contributed by atoms with Crippen molar-refractivity contribution in [1.82, 2.24) is 15.5 Å². The lowest BCUT2D eigenvalue weighted by Gasteiger charge is -2.10. The number of aryl methyl sites for hydroxylation is 1. The van der Waals surface area contributed by atoms with Gasteiger partial charge >= 0.3 is 0 Å². The normalized spacial score (nSPS) is 10.5. The van der Waals surface area contributed by atoms with E-state index in [-0.39, 0.29) is 24.8 Å². The van der Waals surface area contributed by atoms with E-state index >= 15 is 0 Å². The standard InChI is InChI=1S/C20H19ClN4O3/c1-13-15(21)8-5-9-16(13)23-18(27)12-22-17(26)10-11-19-24-25-20(28-19)14-6-3-2-4-7-14/h2-9H,10-12H2,1H3,(H,22,26)(H,23,27). The third-order valence-corrected chi connectivity index (χ3v) is 4.45. The highest BCUT2D eigenvalue weighted by Gasteiger charge is 2.12. The van der Waals surface area contributed by atoms with Crippen molar-refractivity contribution in [3.63, 3.8) is 0 Å². The predicted octanol–water partition coefficient (Wildman–Crippen LogP) is 3.39. The van der Waals surface area contributed by atoms with Crippen LogP contribution in [0.5, 0.6) is 0 Å². The molecule has 0 saturated carbocycles. The maximum Gasteiger partial charge on any atom is 0.247 e. The summed E-state index contributed by atoms with van der Waals surface area (Å²) in [5.41, 5.74) is 2.21. The molecule has 0 radical (unpaired) electrons. The number of anilines is 1. The van der Waals surface area contributed by atoms with Crippen molar-refractivity contribution in [3.8, 4) is 11.5 Å². The zero-order valence-electron chi connectivity index (χ0n) is 15.2. The lowest BCUT2D eigenvalue weighted by molar-refractivity contribution is -0.124. The molecule has 0 aliphatic carbocycles. The average molecular weight is 399 g/mol. The Morgan fingerprint density at radius 1 is 1.04 bits per heavy atom. The summed E-state index contributed by atoms with van der Waals surface area (Å²) in [5.74, 6) is 0.167. The Kier molecular flexibility index (Phi) is 6.39. The fourth-order valence-electron chi connectivity index (χ4n) is 2.48. The van der Waals surface area contributed by atoms with Crippen LogP contribution in [0.2, 0.25) is 5.02 Å². The fraction of sp³-hybridized carbons (Fsp3) is 0.200. The number of carbonyl (C=O) groups excluding carboxylic acids is 2. The Labute approximate surface area is 167 Å². The lowest BCUT2D eigenvalue weighted by atomic mass is 10.2. The largest absolute Gasteiger partial charge is 0.421 e. The van der Waals surface area contributed by atoms with E-state index in [0.29, 0.717) is 28.9 Å². The van der Waals surface area contributed by atoms with Crippen LogP contribution >= 0.6 is 11.6 Å². The summed E-state index contributed by atoms with van der Waals surface area (Å²) in [4.78, 5) is 24.0. The highest BCUT2D eigenvalue weighted by atomic mass is 35.5. The van der Waals surface area contributed by atoms with Gasteiger partial charge in [0.1, 0.15) is 0 Å². The summed E-state index contributed by atoms with van der Waals surface area (Å²) in [6.07, 6.45) is 0.431. The van der Waals surface area contributed by atoms with Gasteiger partial charge in [-0.05, 0) is 36.8 Å². The second-order valence-corrected chi connectivity index (χ2v) is 6.51. The first-order valence-corrected chi connectivity index (χ1v) is 9.10. The Balaban J connectivity index is 1.44. The molecule has 0 fully saturated rings. The number of aromatic nitrogens is 2. The van der Waals surface area contributed by atoms with Gasteiger partial charge < -0.3 is 15.1 Å². The predicted molar refractivity (Wildman–Crippen MR) is 106 cm³/mol. The quantitative estimate of drug-likeness (QED) is 0.635. The van der Waals surface area contributed by atoms with Crippen molar-refractivity contribution in [1.29, 1.82) is 0 Å². The van der Waals surface area contributed by atoms with E-state index < -0.39 is 0 Å². The number of hydrogen-bond acceptors (Lipinski definition) is 5. The highest BCUT2D eigenvalue weighted by Crippen LogP contribution is 2.22. The van der Waals surface area contributed by atoms with Crippen LogP contribution in [0.3, 0.4) is 0 Å². The van der Waals surface area contributed by atoms with E-state index in [1.54, 1.807) is 18.2 Å². The molecular weight excluding hydrogens is 380 g/mol. The Hall–Kier alpha value is -3.19. The van der Waals surface area contributed by atoms with E-state index in [1.165, 1.54) is 0 Å². The molecule has 1 heterocycles. The van der Waals surface area contributed by atoms with Gasteiger partial charge in [0.2, 0.25) is 23.6 Å². The Morgan fingerprint density at radius 2 is 1.82 bits per heavy atom. The molecule has 144 valence electrons. The van der Waals surface area contributed by atoms with Gasteiger partial charge in [0.25, 0.3) is 0 Å². The minimum atomic E-state index is -0.331. The lowest BCUT2D eigenvalue weighted by Crippen LogP contribution is -2.33. The van der Waals surface area contributed by atoms with Crippen molar-refractivity contribution in [2.75, 3.05) is 11.9 Å². The summed E-state index contributed by atoms with van der Waals surface area (Å²) < 4.78 is 5.56. The van der Waals surface area contributed by atoms with Gasteiger partial charge in [-0.1, -0.05) is 35.9 Å². The van der Waals surface area contributed by atoms with Crippen LogP contribution in [-0.4, -0.2) is 28.6 Å². The minimum Gasteiger partial charge on any atom is -0.421 e. The number of halogens is 1. The van der Waals surface area contributed by atoms with Gasteiger partial charge in [0.05, 0.1) is 6.54 Å². The molecule has 0 saturated heterocycles. The maximum atomic E-state index is 12.0. The molecule has 7 nitrogen and oxygen atoms in total. The summed E-state index contributed by atoms with van der Waals surface area (Å²) in [5, 5.41) is 13.8. The van der Waals surface area contributed by atoms with Gasteiger partial charge in [0.15, 0.2) is 0 Å². The first-order valence-electron chi connectivity index (χ1n) is 8.72. The molecule has 0 aliphatic heterocycles. The number of nitrogens with one attached hydrogen (secondary N) is 2. The van der Waals surface area contributed by atoms with Crippen LogP contribution in [0.25, 0.3) is 11.5 Å².